The first-order valence-electron chi connectivity index (χ1n) is 7.34. The fourth-order valence-corrected chi connectivity index (χ4v) is 2.99. The number of carbonyl (C=O) groups excluding carboxylic acids is 1. The maximum absolute atomic E-state index is 12.2. The first-order chi connectivity index (χ1) is 11.1. The molecule has 0 saturated carbocycles. The summed E-state index contributed by atoms with van der Waals surface area (Å²) in [5.41, 5.74) is 0.966. The molecular weight excluding hydrogens is 310 g/mol. The van der Waals surface area contributed by atoms with Crippen LogP contribution >= 0.6 is 11.8 Å². The Morgan fingerprint density at radius 1 is 1.09 bits per heavy atom. The van der Waals surface area contributed by atoms with Crippen LogP contribution in [0.2, 0.25) is 0 Å². The molecule has 1 amide bonds. The summed E-state index contributed by atoms with van der Waals surface area (Å²) in [6.45, 7) is 2.36. The molecular formula is C18H21NO3S. The van der Waals surface area contributed by atoms with Gasteiger partial charge in [-0.1, -0.05) is 24.3 Å². The molecule has 0 fully saturated rings. The van der Waals surface area contributed by atoms with Crippen molar-refractivity contribution >= 4 is 17.7 Å². The summed E-state index contributed by atoms with van der Waals surface area (Å²) in [4.78, 5) is 13.3. The second kappa shape index (κ2) is 8.48. The van der Waals surface area contributed by atoms with E-state index in [0.29, 0.717) is 18.0 Å². The molecule has 2 aromatic rings. The molecule has 0 aromatic heterocycles. The predicted octanol–water partition coefficient (Wildman–Crippen LogP) is 3.50. The maximum Gasteiger partial charge on any atom is 0.233 e. The topological polar surface area (TPSA) is 47.6 Å². The quantitative estimate of drug-likeness (QED) is 0.789. The summed E-state index contributed by atoms with van der Waals surface area (Å²) in [6.07, 6.45) is 0. The van der Waals surface area contributed by atoms with Crippen molar-refractivity contribution in [3.05, 3.63) is 54.1 Å². The third kappa shape index (κ3) is 4.93. The van der Waals surface area contributed by atoms with Crippen molar-refractivity contribution in [3.8, 4) is 11.5 Å². The molecule has 0 heterocycles. The minimum atomic E-state index is -0.155. The number of nitrogens with one attached hydrogen (secondary N) is 1. The Hall–Kier alpha value is -2.14. The van der Waals surface area contributed by atoms with Crippen LogP contribution in [0.15, 0.2) is 53.4 Å². The number of amides is 1. The minimum absolute atomic E-state index is 0.00800. The molecule has 0 bridgehead atoms. The molecule has 23 heavy (non-hydrogen) atoms. The Morgan fingerprint density at radius 3 is 2.43 bits per heavy atom. The van der Waals surface area contributed by atoms with Crippen LogP contribution in [0.3, 0.4) is 0 Å². The Bertz CT molecular complexity index is 646. The van der Waals surface area contributed by atoms with Gasteiger partial charge in [0.15, 0.2) is 11.5 Å². The lowest BCUT2D eigenvalue weighted by Crippen LogP contribution is -2.30. The summed E-state index contributed by atoms with van der Waals surface area (Å²) in [5, 5.41) is 2.80. The van der Waals surface area contributed by atoms with Gasteiger partial charge in [0.2, 0.25) is 5.91 Å². The Balaban J connectivity index is 1.91. The van der Waals surface area contributed by atoms with Crippen LogP contribution in [0.25, 0.3) is 0 Å². The summed E-state index contributed by atoms with van der Waals surface area (Å²) in [7, 11) is 3.20. The van der Waals surface area contributed by atoms with Gasteiger partial charge in [-0.25, -0.2) is 0 Å². The average molecular weight is 331 g/mol. The van der Waals surface area contributed by atoms with Crippen molar-refractivity contribution in [3.63, 3.8) is 0 Å². The van der Waals surface area contributed by atoms with Gasteiger partial charge >= 0.3 is 0 Å². The van der Waals surface area contributed by atoms with Crippen LogP contribution in [0.4, 0.5) is 0 Å². The van der Waals surface area contributed by atoms with E-state index >= 15 is 0 Å². The van der Waals surface area contributed by atoms with E-state index < -0.39 is 0 Å². The third-order valence-corrected chi connectivity index (χ3v) is 4.45. The average Bonchev–Trinajstić information content (AvgIpc) is 2.60. The zero-order valence-electron chi connectivity index (χ0n) is 13.5. The van der Waals surface area contributed by atoms with Gasteiger partial charge in [-0.2, -0.15) is 0 Å². The highest BCUT2D eigenvalue weighted by Crippen LogP contribution is 2.27. The molecule has 0 radical (unpaired) electrons. The molecule has 2 rings (SSSR count). The zero-order chi connectivity index (χ0) is 16.7. The van der Waals surface area contributed by atoms with Gasteiger partial charge in [0.25, 0.3) is 0 Å². The lowest BCUT2D eigenvalue weighted by Gasteiger charge is -2.13. The van der Waals surface area contributed by atoms with E-state index in [1.165, 1.54) is 0 Å². The van der Waals surface area contributed by atoms with Crippen molar-refractivity contribution < 1.29 is 14.3 Å². The second-order valence-electron chi connectivity index (χ2n) is 4.98. The van der Waals surface area contributed by atoms with Gasteiger partial charge in [-0.3, -0.25) is 4.79 Å². The van der Waals surface area contributed by atoms with E-state index in [2.05, 4.69) is 5.32 Å². The van der Waals surface area contributed by atoms with Crippen LogP contribution in [0.1, 0.15) is 12.5 Å². The first-order valence-corrected chi connectivity index (χ1v) is 8.22. The van der Waals surface area contributed by atoms with Crippen LogP contribution in [0.5, 0.6) is 11.5 Å². The van der Waals surface area contributed by atoms with Crippen molar-refractivity contribution in [2.75, 3.05) is 14.2 Å². The standard InChI is InChI=1S/C18H21NO3S/c1-13(23-15-7-5-4-6-8-15)18(20)19-12-14-9-10-16(21-2)17(11-14)22-3/h4-11,13H,12H2,1-3H3,(H,19,20). The summed E-state index contributed by atoms with van der Waals surface area (Å²) >= 11 is 1.54. The molecule has 5 heteroatoms. The number of ether oxygens (including phenoxy) is 2. The smallest absolute Gasteiger partial charge is 0.233 e. The normalized spacial score (nSPS) is 11.6. The Labute approximate surface area is 141 Å². The van der Waals surface area contributed by atoms with Gasteiger partial charge in [-0.05, 0) is 36.8 Å². The van der Waals surface area contributed by atoms with Crippen molar-refractivity contribution in [2.24, 2.45) is 0 Å². The monoisotopic (exact) mass is 331 g/mol. The molecule has 122 valence electrons. The van der Waals surface area contributed by atoms with Gasteiger partial charge < -0.3 is 14.8 Å². The third-order valence-electron chi connectivity index (χ3n) is 3.34. The number of hydrogen-bond acceptors (Lipinski definition) is 4. The van der Waals surface area contributed by atoms with Gasteiger partial charge in [0.05, 0.1) is 19.5 Å². The fourth-order valence-electron chi connectivity index (χ4n) is 2.08. The molecule has 0 aliphatic carbocycles. The van der Waals surface area contributed by atoms with E-state index in [1.54, 1.807) is 26.0 Å². The summed E-state index contributed by atoms with van der Waals surface area (Å²) in [6, 6.07) is 15.5. The second-order valence-corrected chi connectivity index (χ2v) is 6.39. The zero-order valence-corrected chi connectivity index (χ0v) is 14.4. The number of thioether (sulfide) groups is 1. The Kier molecular flexibility index (Phi) is 6.35. The lowest BCUT2D eigenvalue weighted by molar-refractivity contribution is -0.120. The highest BCUT2D eigenvalue weighted by atomic mass is 32.2. The molecule has 0 spiro atoms. The van der Waals surface area contributed by atoms with Crippen LogP contribution in [-0.4, -0.2) is 25.4 Å². The molecule has 1 N–H and O–H groups in total. The lowest BCUT2D eigenvalue weighted by atomic mass is 10.2. The minimum Gasteiger partial charge on any atom is -0.493 e. The Morgan fingerprint density at radius 2 is 1.78 bits per heavy atom. The number of hydrogen-bond donors (Lipinski definition) is 1. The van der Waals surface area contributed by atoms with Crippen molar-refractivity contribution in [1.82, 2.24) is 5.32 Å². The van der Waals surface area contributed by atoms with Crippen LogP contribution < -0.4 is 14.8 Å². The number of benzene rings is 2. The predicted molar refractivity (Wildman–Crippen MR) is 93.2 cm³/mol. The first kappa shape index (κ1) is 17.2. The fraction of sp³-hybridized carbons (Fsp3) is 0.278. The largest absolute Gasteiger partial charge is 0.493 e. The van der Waals surface area contributed by atoms with Gasteiger partial charge in [-0.15, -0.1) is 11.8 Å². The van der Waals surface area contributed by atoms with E-state index in [1.807, 2.05) is 55.5 Å². The van der Waals surface area contributed by atoms with Crippen LogP contribution in [0, 0.1) is 0 Å². The number of carbonyl (C=O) groups is 1. The van der Waals surface area contributed by atoms with Crippen molar-refractivity contribution in [2.45, 2.75) is 23.6 Å². The van der Waals surface area contributed by atoms with Crippen molar-refractivity contribution in [1.29, 1.82) is 0 Å². The summed E-state index contributed by atoms with van der Waals surface area (Å²) < 4.78 is 10.5. The van der Waals surface area contributed by atoms with Crippen LogP contribution in [-0.2, 0) is 11.3 Å². The molecule has 0 aliphatic rings. The molecule has 0 aliphatic heterocycles. The molecule has 2 aromatic carbocycles. The SMILES string of the molecule is COc1ccc(CNC(=O)C(C)Sc2ccccc2)cc1OC. The molecule has 4 nitrogen and oxygen atoms in total. The van der Waals surface area contributed by atoms with Gasteiger partial charge in [0.1, 0.15) is 0 Å². The van der Waals surface area contributed by atoms with E-state index in [4.69, 9.17) is 9.47 Å². The van der Waals surface area contributed by atoms with E-state index in [-0.39, 0.29) is 11.2 Å². The number of rotatable bonds is 7. The molecule has 0 saturated heterocycles. The van der Waals surface area contributed by atoms with E-state index in [9.17, 15) is 4.79 Å². The van der Waals surface area contributed by atoms with Gasteiger partial charge in [0, 0.05) is 11.4 Å². The highest BCUT2D eigenvalue weighted by molar-refractivity contribution is 8.00. The number of methoxy groups -OCH3 is 2. The van der Waals surface area contributed by atoms with E-state index in [0.717, 1.165) is 10.5 Å². The molecule has 1 atom stereocenters. The highest BCUT2D eigenvalue weighted by Gasteiger charge is 2.14. The summed E-state index contributed by atoms with van der Waals surface area (Å²) in [5.74, 6) is 1.34. The maximum atomic E-state index is 12.2. The molecule has 1 unspecified atom stereocenters.